The molecular formula is C23H19NaO4. The van der Waals surface area contributed by atoms with Crippen molar-refractivity contribution >= 4 is 12.0 Å². The van der Waals surface area contributed by atoms with Crippen molar-refractivity contribution < 1.29 is 48.9 Å². The SMILES string of the molecule is O=C([O-])/C=C/c1ccccc1COCc1cccc(Oc2ccccc2)c1.[Na+]. The van der Waals surface area contributed by atoms with Gasteiger partial charge in [-0.1, -0.05) is 60.7 Å². The molecule has 3 aromatic carbocycles. The number of ether oxygens (including phenoxy) is 2. The van der Waals surface area contributed by atoms with Gasteiger partial charge in [-0.2, -0.15) is 0 Å². The second-order valence-corrected chi connectivity index (χ2v) is 5.91. The Labute approximate surface area is 186 Å². The molecule has 0 spiro atoms. The Morgan fingerprint density at radius 1 is 0.857 bits per heavy atom. The van der Waals surface area contributed by atoms with Crippen LogP contribution in [0.2, 0.25) is 0 Å². The van der Waals surface area contributed by atoms with Crippen molar-refractivity contribution in [3.05, 3.63) is 102 Å². The molecule has 0 aliphatic carbocycles. The maximum atomic E-state index is 10.6. The van der Waals surface area contributed by atoms with Crippen molar-refractivity contribution in [1.82, 2.24) is 0 Å². The molecule has 5 heteroatoms. The fraction of sp³-hybridized carbons (Fsp3) is 0.0870. The third-order valence-corrected chi connectivity index (χ3v) is 3.86. The standard InChI is InChI=1S/C23H20O4.Na/c24-23(25)14-13-19-8-4-5-9-20(19)17-26-16-18-7-6-12-22(15-18)27-21-10-2-1-3-11-21;/h1-15H,16-17H2,(H,24,25);/q;+1/p-1/b14-13+;. The molecule has 0 radical (unpaired) electrons. The molecular weight excluding hydrogens is 363 g/mol. The monoisotopic (exact) mass is 382 g/mol. The van der Waals surface area contributed by atoms with Gasteiger partial charge in [-0.25, -0.2) is 0 Å². The van der Waals surface area contributed by atoms with Gasteiger partial charge in [0, 0.05) is 0 Å². The van der Waals surface area contributed by atoms with Crippen LogP contribution in [0, 0.1) is 0 Å². The van der Waals surface area contributed by atoms with E-state index < -0.39 is 5.97 Å². The van der Waals surface area contributed by atoms with Gasteiger partial charge in [0.2, 0.25) is 0 Å². The number of hydrogen-bond acceptors (Lipinski definition) is 4. The van der Waals surface area contributed by atoms with E-state index in [1.807, 2.05) is 78.9 Å². The summed E-state index contributed by atoms with van der Waals surface area (Å²) in [5, 5.41) is 10.6. The van der Waals surface area contributed by atoms with Crippen LogP contribution in [-0.2, 0) is 22.7 Å². The number of carboxylic acid groups (broad SMARTS) is 1. The average molecular weight is 382 g/mol. The molecule has 0 amide bonds. The maximum Gasteiger partial charge on any atom is 1.00 e. The van der Waals surface area contributed by atoms with Crippen molar-refractivity contribution in [1.29, 1.82) is 0 Å². The first-order valence-electron chi connectivity index (χ1n) is 8.57. The molecule has 0 unspecified atom stereocenters. The molecule has 136 valence electrons. The van der Waals surface area contributed by atoms with Crippen LogP contribution in [0.1, 0.15) is 16.7 Å². The molecule has 0 saturated carbocycles. The number of carboxylic acids is 1. The summed E-state index contributed by atoms with van der Waals surface area (Å²) in [6.07, 6.45) is 2.53. The van der Waals surface area contributed by atoms with E-state index in [9.17, 15) is 9.90 Å². The van der Waals surface area contributed by atoms with Crippen molar-refractivity contribution in [2.45, 2.75) is 13.2 Å². The Bertz CT molecular complexity index is 923. The molecule has 0 heterocycles. The fourth-order valence-corrected chi connectivity index (χ4v) is 2.59. The van der Waals surface area contributed by atoms with Crippen LogP contribution in [-0.4, -0.2) is 5.97 Å². The summed E-state index contributed by atoms with van der Waals surface area (Å²) in [6.45, 7) is 0.794. The first kappa shape index (κ1) is 21.9. The minimum atomic E-state index is -1.22. The zero-order valence-corrected chi connectivity index (χ0v) is 17.7. The molecule has 0 N–H and O–H groups in total. The zero-order valence-electron chi connectivity index (χ0n) is 15.7. The molecule has 0 bridgehead atoms. The van der Waals surface area contributed by atoms with E-state index in [-0.39, 0.29) is 29.6 Å². The topological polar surface area (TPSA) is 58.6 Å². The van der Waals surface area contributed by atoms with Crippen molar-refractivity contribution in [3.8, 4) is 11.5 Å². The Morgan fingerprint density at radius 2 is 1.57 bits per heavy atom. The smallest absolute Gasteiger partial charge is 0.545 e. The van der Waals surface area contributed by atoms with Gasteiger partial charge in [0.05, 0.1) is 19.2 Å². The molecule has 3 rings (SSSR count). The van der Waals surface area contributed by atoms with E-state index in [1.165, 1.54) is 6.08 Å². The summed E-state index contributed by atoms with van der Waals surface area (Å²) >= 11 is 0. The second-order valence-electron chi connectivity index (χ2n) is 5.91. The average Bonchev–Trinajstić information content (AvgIpc) is 2.68. The van der Waals surface area contributed by atoms with Gasteiger partial charge in [-0.15, -0.1) is 0 Å². The van der Waals surface area contributed by atoms with Crippen LogP contribution < -0.4 is 39.4 Å². The minimum Gasteiger partial charge on any atom is -0.545 e. The van der Waals surface area contributed by atoms with Crippen molar-refractivity contribution in [2.75, 3.05) is 0 Å². The van der Waals surface area contributed by atoms with Crippen molar-refractivity contribution in [2.24, 2.45) is 0 Å². The summed E-state index contributed by atoms with van der Waals surface area (Å²) in [7, 11) is 0. The van der Waals surface area contributed by atoms with E-state index in [0.717, 1.165) is 34.3 Å². The Balaban J connectivity index is 0.00000280. The number of rotatable bonds is 8. The van der Waals surface area contributed by atoms with Crippen LogP contribution in [0.3, 0.4) is 0 Å². The summed E-state index contributed by atoms with van der Waals surface area (Å²) in [5.41, 5.74) is 2.70. The molecule has 0 atom stereocenters. The number of carbonyl (C=O) groups is 1. The first-order valence-corrected chi connectivity index (χ1v) is 8.57. The number of benzene rings is 3. The van der Waals surface area contributed by atoms with Gasteiger partial charge in [0.25, 0.3) is 0 Å². The molecule has 0 aliphatic heterocycles. The van der Waals surface area contributed by atoms with E-state index >= 15 is 0 Å². The van der Waals surface area contributed by atoms with Gasteiger partial charge < -0.3 is 19.4 Å². The van der Waals surface area contributed by atoms with Gasteiger partial charge in [-0.3, -0.25) is 0 Å². The summed E-state index contributed by atoms with van der Waals surface area (Å²) in [6, 6.07) is 24.8. The molecule has 3 aromatic rings. The van der Waals surface area contributed by atoms with Gasteiger partial charge in [0.1, 0.15) is 11.5 Å². The number of aliphatic carboxylic acids is 1. The quantitative estimate of drug-likeness (QED) is 0.430. The van der Waals surface area contributed by atoms with Crippen LogP contribution in [0.5, 0.6) is 11.5 Å². The van der Waals surface area contributed by atoms with Crippen molar-refractivity contribution in [3.63, 3.8) is 0 Å². The molecule has 0 aromatic heterocycles. The van der Waals surface area contributed by atoms with Gasteiger partial charge in [0.15, 0.2) is 0 Å². The minimum absolute atomic E-state index is 0. The summed E-state index contributed by atoms with van der Waals surface area (Å²) in [4.78, 5) is 10.6. The van der Waals surface area contributed by atoms with Crippen LogP contribution in [0.4, 0.5) is 0 Å². The van der Waals surface area contributed by atoms with Crippen LogP contribution >= 0.6 is 0 Å². The van der Waals surface area contributed by atoms with Crippen LogP contribution in [0.25, 0.3) is 6.08 Å². The fourth-order valence-electron chi connectivity index (χ4n) is 2.59. The van der Waals surface area contributed by atoms with E-state index in [4.69, 9.17) is 9.47 Å². The third-order valence-electron chi connectivity index (χ3n) is 3.86. The Hall–Kier alpha value is -2.37. The molecule has 0 aliphatic rings. The predicted molar refractivity (Wildman–Crippen MR) is 102 cm³/mol. The molecule has 0 fully saturated rings. The van der Waals surface area contributed by atoms with Crippen LogP contribution in [0.15, 0.2) is 84.9 Å². The normalized spacial score (nSPS) is 10.4. The largest absolute Gasteiger partial charge is 1.00 e. The Kier molecular flexibility index (Phi) is 8.98. The summed E-state index contributed by atoms with van der Waals surface area (Å²) < 4.78 is 11.6. The van der Waals surface area contributed by atoms with E-state index in [2.05, 4.69) is 0 Å². The molecule has 0 saturated heterocycles. The van der Waals surface area contributed by atoms with Gasteiger partial charge in [-0.05, 0) is 47.0 Å². The van der Waals surface area contributed by atoms with Gasteiger partial charge >= 0.3 is 29.6 Å². The number of carbonyl (C=O) groups excluding carboxylic acids is 1. The second kappa shape index (κ2) is 11.5. The van der Waals surface area contributed by atoms with E-state index in [0.29, 0.717) is 13.2 Å². The molecule has 4 nitrogen and oxygen atoms in total. The third kappa shape index (κ3) is 6.98. The molecule has 28 heavy (non-hydrogen) atoms. The Morgan fingerprint density at radius 3 is 2.36 bits per heavy atom. The first-order chi connectivity index (χ1) is 13.2. The number of para-hydroxylation sites is 1. The van der Waals surface area contributed by atoms with E-state index in [1.54, 1.807) is 0 Å². The number of hydrogen-bond donors (Lipinski definition) is 0. The maximum absolute atomic E-state index is 10.6. The zero-order chi connectivity index (χ0) is 18.9. The summed E-state index contributed by atoms with van der Waals surface area (Å²) in [5.74, 6) is 0.310. The predicted octanol–water partition coefficient (Wildman–Crippen LogP) is 0.963.